The van der Waals surface area contributed by atoms with Crippen molar-refractivity contribution in [1.29, 1.82) is 0 Å². The van der Waals surface area contributed by atoms with E-state index in [-0.39, 0.29) is 5.97 Å². The van der Waals surface area contributed by atoms with Crippen molar-refractivity contribution in [2.24, 2.45) is 0 Å². The summed E-state index contributed by atoms with van der Waals surface area (Å²) in [5, 5.41) is 0.738. The van der Waals surface area contributed by atoms with Gasteiger partial charge < -0.3 is 4.74 Å². The lowest BCUT2D eigenvalue weighted by atomic mass is 10.0. The number of hydrogen-bond acceptors (Lipinski definition) is 2. The Morgan fingerprint density at radius 1 is 1.44 bits per heavy atom. The fourth-order valence-electron chi connectivity index (χ4n) is 1.52. The minimum absolute atomic E-state index is 0.186. The lowest BCUT2D eigenvalue weighted by molar-refractivity contribution is -0.142. The van der Waals surface area contributed by atoms with Crippen molar-refractivity contribution in [1.82, 2.24) is 0 Å². The van der Waals surface area contributed by atoms with Gasteiger partial charge in [-0.2, -0.15) is 0 Å². The maximum absolute atomic E-state index is 11.5. The zero-order valence-corrected chi connectivity index (χ0v) is 12.5. The normalized spacial score (nSPS) is 10.2. The van der Waals surface area contributed by atoms with Crippen LogP contribution >= 0.6 is 31.9 Å². The summed E-state index contributed by atoms with van der Waals surface area (Å²) in [6.07, 6.45) is 0.315. The number of rotatable bonds is 4. The number of halogens is 2. The molecule has 16 heavy (non-hydrogen) atoms. The second-order valence-electron chi connectivity index (χ2n) is 3.50. The summed E-state index contributed by atoms with van der Waals surface area (Å²) in [4.78, 5) is 11.5. The van der Waals surface area contributed by atoms with Crippen molar-refractivity contribution in [3.8, 4) is 0 Å². The van der Waals surface area contributed by atoms with Crippen LogP contribution < -0.4 is 0 Å². The van der Waals surface area contributed by atoms with Crippen LogP contribution in [0.25, 0.3) is 0 Å². The maximum Gasteiger partial charge on any atom is 0.310 e. The number of ether oxygens (including phenoxy) is 1. The molecular weight excluding hydrogens is 336 g/mol. The molecule has 0 N–H and O–H groups in total. The molecule has 0 amide bonds. The molecule has 0 unspecified atom stereocenters. The van der Waals surface area contributed by atoms with Crippen LogP contribution in [0.3, 0.4) is 0 Å². The molecule has 0 spiro atoms. The van der Waals surface area contributed by atoms with Gasteiger partial charge in [-0.3, -0.25) is 4.79 Å². The van der Waals surface area contributed by atoms with Gasteiger partial charge in [0.05, 0.1) is 13.0 Å². The average Bonchev–Trinajstić information content (AvgIpc) is 2.22. The van der Waals surface area contributed by atoms with Crippen molar-refractivity contribution in [2.75, 3.05) is 6.61 Å². The molecule has 4 heteroatoms. The molecule has 0 aliphatic carbocycles. The Morgan fingerprint density at radius 3 is 2.69 bits per heavy atom. The summed E-state index contributed by atoms with van der Waals surface area (Å²) in [5.41, 5.74) is 3.30. The Hall–Kier alpha value is -0.350. The van der Waals surface area contributed by atoms with Crippen LogP contribution in [0.5, 0.6) is 0 Å². The predicted molar refractivity (Wildman–Crippen MR) is 71.8 cm³/mol. The summed E-state index contributed by atoms with van der Waals surface area (Å²) in [6.45, 7) is 4.27. The Labute approximate surface area is 113 Å². The van der Waals surface area contributed by atoms with Crippen molar-refractivity contribution in [3.63, 3.8) is 0 Å². The van der Waals surface area contributed by atoms with E-state index in [0.29, 0.717) is 13.0 Å². The molecule has 0 fully saturated rings. The Bertz CT molecular complexity index is 389. The van der Waals surface area contributed by atoms with E-state index in [9.17, 15) is 4.79 Å². The smallest absolute Gasteiger partial charge is 0.310 e. The van der Waals surface area contributed by atoms with Gasteiger partial charge in [-0.05, 0) is 36.6 Å². The first-order chi connectivity index (χ1) is 7.58. The van der Waals surface area contributed by atoms with Gasteiger partial charge >= 0.3 is 5.97 Å². The monoisotopic (exact) mass is 348 g/mol. The topological polar surface area (TPSA) is 26.3 Å². The van der Waals surface area contributed by atoms with E-state index in [1.807, 2.05) is 19.9 Å². The summed E-state index contributed by atoms with van der Waals surface area (Å²) >= 11 is 6.92. The fraction of sp³-hybridized carbons (Fsp3) is 0.417. The number of benzene rings is 1. The van der Waals surface area contributed by atoms with Crippen molar-refractivity contribution in [2.45, 2.75) is 25.6 Å². The Balaban J connectivity index is 2.98. The van der Waals surface area contributed by atoms with Crippen LogP contribution in [0.15, 0.2) is 16.6 Å². The van der Waals surface area contributed by atoms with E-state index in [0.717, 1.165) is 20.9 Å². The van der Waals surface area contributed by atoms with Gasteiger partial charge in [-0.15, -0.1) is 0 Å². The van der Waals surface area contributed by atoms with E-state index in [1.54, 1.807) is 0 Å². The minimum atomic E-state index is -0.186. The van der Waals surface area contributed by atoms with Crippen LogP contribution in [-0.4, -0.2) is 12.6 Å². The van der Waals surface area contributed by atoms with E-state index >= 15 is 0 Å². The molecule has 1 rings (SSSR count). The fourth-order valence-corrected chi connectivity index (χ4v) is 2.77. The molecule has 0 atom stereocenters. The SMILES string of the molecule is CCOC(=O)Cc1c(Br)cc(C)cc1CBr. The summed E-state index contributed by atoms with van der Waals surface area (Å²) in [7, 11) is 0. The van der Waals surface area contributed by atoms with Crippen molar-refractivity contribution in [3.05, 3.63) is 33.3 Å². The summed E-state index contributed by atoms with van der Waals surface area (Å²) < 4.78 is 5.92. The highest BCUT2D eigenvalue weighted by Gasteiger charge is 2.12. The van der Waals surface area contributed by atoms with Crippen LogP contribution in [0, 0.1) is 6.92 Å². The number of esters is 1. The molecule has 0 aliphatic heterocycles. The lowest BCUT2D eigenvalue weighted by Crippen LogP contribution is -2.09. The summed E-state index contributed by atoms with van der Waals surface area (Å²) in [6, 6.07) is 4.09. The van der Waals surface area contributed by atoms with Crippen molar-refractivity contribution < 1.29 is 9.53 Å². The molecule has 1 aromatic carbocycles. The van der Waals surface area contributed by atoms with Gasteiger partial charge in [0.25, 0.3) is 0 Å². The predicted octanol–water partition coefficient (Wildman–Crippen LogP) is 3.76. The largest absolute Gasteiger partial charge is 0.466 e. The second-order valence-corrected chi connectivity index (χ2v) is 4.91. The highest BCUT2D eigenvalue weighted by atomic mass is 79.9. The number of alkyl halides is 1. The average molecular weight is 350 g/mol. The standard InChI is InChI=1S/C12H14Br2O2/c1-3-16-12(15)6-10-9(7-13)4-8(2)5-11(10)14/h4-5H,3,6-7H2,1-2H3. The maximum atomic E-state index is 11.5. The highest BCUT2D eigenvalue weighted by molar-refractivity contribution is 9.10. The van der Waals surface area contributed by atoms with Crippen LogP contribution in [-0.2, 0) is 21.3 Å². The van der Waals surface area contributed by atoms with Gasteiger partial charge in [0, 0.05) is 9.80 Å². The third-order valence-corrected chi connectivity index (χ3v) is 3.51. The van der Waals surface area contributed by atoms with Gasteiger partial charge in [0.15, 0.2) is 0 Å². The zero-order valence-electron chi connectivity index (χ0n) is 9.35. The van der Waals surface area contributed by atoms with Crippen LogP contribution in [0.1, 0.15) is 23.6 Å². The molecule has 0 aromatic heterocycles. The first-order valence-electron chi connectivity index (χ1n) is 5.08. The molecule has 2 nitrogen and oxygen atoms in total. The molecule has 0 bridgehead atoms. The molecule has 0 aliphatic rings. The number of aryl methyl sites for hydroxylation is 1. The molecule has 88 valence electrons. The molecular formula is C12H14Br2O2. The van der Waals surface area contributed by atoms with Gasteiger partial charge in [-0.25, -0.2) is 0 Å². The van der Waals surface area contributed by atoms with E-state index in [1.165, 1.54) is 5.56 Å². The third kappa shape index (κ3) is 3.59. The highest BCUT2D eigenvalue weighted by Crippen LogP contribution is 2.25. The lowest BCUT2D eigenvalue weighted by Gasteiger charge is -2.10. The Morgan fingerprint density at radius 2 is 2.12 bits per heavy atom. The van der Waals surface area contributed by atoms with Gasteiger partial charge in [0.1, 0.15) is 0 Å². The molecule has 0 heterocycles. The van der Waals surface area contributed by atoms with Gasteiger partial charge in [-0.1, -0.05) is 37.9 Å². The minimum Gasteiger partial charge on any atom is -0.466 e. The van der Waals surface area contributed by atoms with Crippen molar-refractivity contribution >= 4 is 37.8 Å². The van der Waals surface area contributed by atoms with E-state index in [4.69, 9.17) is 4.74 Å². The number of hydrogen-bond donors (Lipinski definition) is 0. The van der Waals surface area contributed by atoms with Crippen LogP contribution in [0.4, 0.5) is 0 Å². The molecule has 1 aromatic rings. The quantitative estimate of drug-likeness (QED) is 0.611. The second kappa shape index (κ2) is 6.40. The Kier molecular flexibility index (Phi) is 5.49. The van der Waals surface area contributed by atoms with Gasteiger partial charge in [0.2, 0.25) is 0 Å². The first kappa shape index (κ1) is 13.7. The van der Waals surface area contributed by atoms with E-state index < -0.39 is 0 Å². The van der Waals surface area contributed by atoms with Crippen LogP contribution in [0.2, 0.25) is 0 Å². The molecule has 0 saturated carbocycles. The molecule has 0 radical (unpaired) electrons. The third-order valence-electron chi connectivity index (χ3n) is 2.20. The summed E-state index contributed by atoms with van der Waals surface area (Å²) in [5.74, 6) is -0.186. The molecule has 0 saturated heterocycles. The number of carbonyl (C=O) groups excluding carboxylic acids is 1. The van der Waals surface area contributed by atoms with E-state index in [2.05, 4.69) is 37.9 Å². The first-order valence-corrected chi connectivity index (χ1v) is 6.99. The zero-order chi connectivity index (χ0) is 12.1. The number of carbonyl (C=O) groups is 1.